The molecule has 0 spiro atoms. The molecule has 0 atom stereocenters. The number of sulfonamides is 1. The van der Waals surface area contributed by atoms with Gasteiger partial charge in [0, 0.05) is 19.0 Å². The van der Waals surface area contributed by atoms with Crippen molar-refractivity contribution >= 4 is 10.0 Å². The van der Waals surface area contributed by atoms with E-state index in [0.29, 0.717) is 0 Å². The molecule has 0 aromatic carbocycles. The van der Waals surface area contributed by atoms with Crippen molar-refractivity contribution in [3.05, 3.63) is 17.6 Å². The van der Waals surface area contributed by atoms with Crippen molar-refractivity contribution in [2.75, 3.05) is 6.54 Å². The van der Waals surface area contributed by atoms with Gasteiger partial charge in [-0.1, -0.05) is 0 Å². The van der Waals surface area contributed by atoms with Crippen LogP contribution in [0.5, 0.6) is 0 Å². The first-order chi connectivity index (χ1) is 8.65. The first kappa shape index (κ1) is 16.0. The van der Waals surface area contributed by atoms with Crippen LogP contribution in [0.15, 0.2) is 15.4 Å². The van der Waals surface area contributed by atoms with Gasteiger partial charge in [0.25, 0.3) is 0 Å². The Bertz CT molecular complexity index is 521. The van der Waals surface area contributed by atoms with E-state index in [0.717, 1.165) is 6.07 Å². The summed E-state index contributed by atoms with van der Waals surface area (Å²) < 4.78 is 66.2. The Morgan fingerprint density at radius 3 is 2.53 bits per heavy atom. The maximum absolute atomic E-state index is 11.9. The van der Waals surface area contributed by atoms with Gasteiger partial charge < -0.3 is 9.52 Å². The van der Waals surface area contributed by atoms with Crippen LogP contribution < -0.4 is 4.72 Å². The van der Waals surface area contributed by atoms with Crippen molar-refractivity contribution in [2.45, 2.75) is 37.4 Å². The van der Waals surface area contributed by atoms with E-state index >= 15 is 0 Å². The first-order valence-corrected chi connectivity index (χ1v) is 6.90. The van der Waals surface area contributed by atoms with Crippen molar-refractivity contribution in [3.63, 3.8) is 0 Å². The molecule has 1 aromatic rings. The molecular weight excluding hydrogens is 287 g/mol. The van der Waals surface area contributed by atoms with Gasteiger partial charge in [-0.05, 0) is 13.3 Å². The zero-order valence-electron chi connectivity index (χ0n) is 10.1. The molecule has 0 radical (unpaired) electrons. The molecule has 0 fully saturated rings. The van der Waals surface area contributed by atoms with E-state index in [1.165, 1.54) is 6.92 Å². The molecule has 0 aliphatic heterocycles. The van der Waals surface area contributed by atoms with Crippen LogP contribution in [-0.4, -0.2) is 26.2 Å². The second-order valence-corrected chi connectivity index (χ2v) is 5.64. The molecular formula is C10H14F3NO4S. The molecule has 9 heteroatoms. The van der Waals surface area contributed by atoms with Crippen LogP contribution in [-0.2, 0) is 16.6 Å². The Kier molecular flexibility index (Phi) is 4.99. The molecule has 2 N–H and O–H groups in total. The smallest absolute Gasteiger partial charge is 0.389 e. The Morgan fingerprint density at radius 2 is 2.05 bits per heavy atom. The molecule has 0 saturated heterocycles. The summed E-state index contributed by atoms with van der Waals surface area (Å²) in [4.78, 5) is -0.177. The van der Waals surface area contributed by atoms with Gasteiger partial charge in [-0.25, -0.2) is 13.1 Å². The highest BCUT2D eigenvalue weighted by atomic mass is 32.2. The van der Waals surface area contributed by atoms with Crippen LogP contribution in [0.4, 0.5) is 13.2 Å². The zero-order valence-corrected chi connectivity index (χ0v) is 10.9. The molecule has 0 bridgehead atoms. The fourth-order valence-corrected chi connectivity index (χ4v) is 2.72. The SMILES string of the molecule is Cc1oc(CO)cc1S(=O)(=O)NCCCC(F)(F)F. The van der Waals surface area contributed by atoms with Crippen LogP contribution in [0.2, 0.25) is 0 Å². The minimum absolute atomic E-state index is 0.0763. The predicted octanol–water partition coefficient (Wildman–Crippen LogP) is 1.70. The fourth-order valence-electron chi connectivity index (χ4n) is 1.44. The highest BCUT2D eigenvalue weighted by Gasteiger charge is 2.27. The van der Waals surface area contributed by atoms with Crippen molar-refractivity contribution in [1.29, 1.82) is 0 Å². The van der Waals surface area contributed by atoms with Crippen LogP contribution >= 0.6 is 0 Å². The summed E-state index contributed by atoms with van der Waals surface area (Å²) >= 11 is 0. The Balaban J connectivity index is 2.63. The highest BCUT2D eigenvalue weighted by Crippen LogP contribution is 2.22. The fraction of sp³-hybridized carbons (Fsp3) is 0.600. The molecule has 0 aliphatic rings. The van der Waals surface area contributed by atoms with Gasteiger partial charge in [-0.15, -0.1) is 0 Å². The normalized spacial score (nSPS) is 12.9. The monoisotopic (exact) mass is 301 g/mol. The maximum Gasteiger partial charge on any atom is 0.389 e. The predicted molar refractivity (Wildman–Crippen MR) is 59.8 cm³/mol. The third-order valence-corrected chi connectivity index (χ3v) is 3.87. The van der Waals surface area contributed by atoms with E-state index < -0.39 is 29.2 Å². The maximum atomic E-state index is 11.9. The van der Waals surface area contributed by atoms with Gasteiger partial charge in [0.15, 0.2) is 0 Å². The van der Waals surface area contributed by atoms with E-state index in [1.54, 1.807) is 0 Å². The summed E-state index contributed by atoms with van der Waals surface area (Å²) in [6, 6.07) is 1.14. The lowest BCUT2D eigenvalue weighted by Crippen LogP contribution is -2.26. The van der Waals surface area contributed by atoms with Crippen molar-refractivity contribution in [1.82, 2.24) is 4.72 Å². The molecule has 0 aliphatic carbocycles. The first-order valence-electron chi connectivity index (χ1n) is 5.42. The second-order valence-electron chi connectivity index (χ2n) is 3.91. The number of furan rings is 1. The molecule has 110 valence electrons. The summed E-state index contributed by atoms with van der Waals surface area (Å²) in [5, 5.41) is 8.81. The summed E-state index contributed by atoms with van der Waals surface area (Å²) in [5.41, 5.74) is 0. The van der Waals surface area contributed by atoms with Crippen molar-refractivity contribution < 1.29 is 31.1 Å². The summed E-state index contributed by atoms with van der Waals surface area (Å²) in [6.45, 7) is 0.620. The third-order valence-electron chi connectivity index (χ3n) is 2.30. The number of nitrogens with one attached hydrogen (secondary N) is 1. The van der Waals surface area contributed by atoms with Crippen LogP contribution in [0.3, 0.4) is 0 Å². The minimum Gasteiger partial charge on any atom is -0.462 e. The molecule has 5 nitrogen and oxygen atoms in total. The van der Waals surface area contributed by atoms with Crippen LogP contribution in [0.1, 0.15) is 24.4 Å². The van der Waals surface area contributed by atoms with Gasteiger partial charge in [-0.3, -0.25) is 0 Å². The molecule has 1 rings (SSSR count). The molecule has 0 unspecified atom stereocenters. The molecule has 19 heavy (non-hydrogen) atoms. The van der Waals surface area contributed by atoms with Gasteiger partial charge in [0.2, 0.25) is 10.0 Å². The zero-order chi connectivity index (χ0) is 14.7. The van der Waals surface area contributed by atoms with E-state index in [1.807, 2.05) is 0 Å². The average Bonchev–Trinajstić information content (AvgIpc) is 2.66. The Hall–Kier alpha value is -1.06. The number of hydrogen-bond donors (Lipinski definition) is 2. The van der Waals surface area contributed by atoms with E-state index in [2.05, 4.69) is 4.72 Å². The minimum atomic E-state index is -4.30. The number of halogens is 3. The number of alkyl halides is 3. The summed E-state index contributed by atoms with van der Waals surface area (Å²) in [6.07, 6.45) is -5.70. The van der Waals surface area contributed by atoms with Crippen molar-refractivity contribution in [3.8, 4) is 0 Å². The molecule has 1 heterocycles. The van der Waals surface area contributed by atoms with Crippen molar-refractivity contribution in [2.24, 2.45) is 0 Å². The van der Waals surface area contributed by atoms with Crippen LogP contribution in [0.25, 0.3) is 0 Å². The number of aliphatic hydroxyl groups is 1. The lowest BCUT2D eigenvalue weighted by molar-refractivity contribution is -0.135. The van der Waals surface area contributed by atoms with Gasteiger partial charge in [0.05, 0.1) is 0 Å². The van der Waals surface area contributed by atoms with Gasteiger partial charge in [-0.2, -0.15) is 13.2 Å². The standard InChI is InChI=1S/C10H14F3NO4S/c1-7-9(5-8(6-15)18-7)19(16,17)14-4-2-3-10(11,12)13/h5,14-15H,2-4,6H2,1H3. The molecule has 0 saturated carbocycles. The Labute approximate surface area is 108 Å². The molecule has 1 aromatic heterocycles. The lowest BCUT2D eigenvalue weighted by Gasteiger charge is -2.07. The Morgan fingerprint density at radius 1 is 1.42 bits per heavy atom. The number of rotatable bonds is 6. The van der Waals surface area contributed by atoms with E-state index in [9.17, 15) is 21.6 Å². The summed E-state index contributed by atoms with van der Waals surface area (Å²) in [7, 11) is -3.92. The topological polar surface area (TPSA) is 79.5 Å². The third kappa shape index (κ3) is 4.84. The summed E-state index contributed by atoms with van der Waals surface area (Å²) in [5.74, 6) is 0.153. The number of aryl methyl sites for hydroxylation is 1. The highest BCUT2D eigenvalue weighted by molar-refractivity contribution is 7.89. The largest absolute Gasteiger partial charge is 0.462 e. The lowest BCUT2D eigenvalue weighted by atomic mass is 10.3. The van der Waals surface area contributed by atoms with E-state index in [-0.39, 0.29) is 29.4 Å². The van der Waals surface area contributed by atoms with E-state index in [4.69, 9.17) is 9.52 Å². The van der Waals surface area contributed by atoms with Crippen LogP contribution in [0, 0.1) is 6.92 Å². The molecule has 0 amide bonds. The average molecular weight is 301 g/mol. The second kappa shape index (κ2) is 5.93. The quantitative estimate of drug-likeness (QED) is 0.784. The van der Waals surface area contributed by atoms with Gasteiger partial charge >= 0.3 is 6.18 Å². The number of hydrogen-bond acceptors (Lipinski definition) is 4. The number of aliphatic hydroxyl groups excluding tert-OH is 1. The van der Waals surface area contributed by atoms with Gasteiger partial charge in [0.1, 0.15) is 23.0 Å².